The van der Waals surface area contributed by atoms with Gasteiger partial charge >= 0.3 is 0 Å². The number of ether oxygens (including phenoxy) is 1. The summed E-state index contributed by atoms with van der Waals surface area (Å²) in [5, 5.41) is 7.20. The predicted octanol–water partition coefficient (Wildman–Crippen LogP) is 5.47. The molecule has 5 aromatic rings. The summed E-state index contributed by atoms with van der Waals surface area (Å²) in [6.07, 6.45) is 9.84. The third-order valence-corrected chi connectivity index (χ3v) is 8.13. The minimum Gasteiger partial charge on any atom is -0.457 e. The molecule has 10 nitrogen and oxygen atoms in total. The molecule has 1 N–H and O–H groups in total. The van der Waals surface area contributed by atoms with Gasteiger partial charge in [0.05, 0.1) is 11.2 Å². The third kappa shape index (κ3) is 4.43. The van der Waals surface area contributed by atoms with Crippen LogP contribution >= 0.6 is 0 Å². The first kappa shape index (κ1) is 25.1. The van der Waals surface area contributed by atoms with E-state index in [0.29, 0.717) is 34.0 Å². The van der Waals surface area contributed by atoms with Gasteiger partial charge in [0.25, 0.3) is 0 Å². The average molecular weight is 551 g/mol. The van der Waals surface area contributed by atoms with Crippen molar-refractivity contribution in [3.8, 4) is 11.5 Å². The van der Waals surface area contributed by atoms with Crippen LogP contribution in [0.25, 0.3) is 16.7 Å². The second-order valence-electron chi connectivity index (χ2n) is 10.5. The Bertz CT molecular complexity index is 1820. The summed E-state index contributed by atoms with van der Waals surface area (Å²) in [6, 6.07) is 10.7. The summed E-state index contributed by atoms with van der Waals surface area (Å²) in [6.45, 7) is 5.54. The van der Waals surface area contributed by atoms with Gasteiger partial charge in [0.1, 0.15) is 35.5 Å². The zero-order valence-electron chi connectivity index (χ0n) is 22.4. The lowest BCUT2D eigenvalue weighted by molar-refractivity contribution is -0.130. The number of rotatable bonds is 6. The van der Waals surface area contributed by atoms with Crippen LogP contribution < -0.4 is 10.1 Å². The Morgan fingerprint density at radius 2 is 1.98 bits per heavy atom. The molecule has 41 heavy (non-hydrogen) atoms. The molecule has 0 unspecified atom stereocenters. The number of carbonyl (C=O) groups excluding carboxylic acids is 1. The summed E-state index contributed by atoms with van der Waals surface area (Å²) in [4.78, 5) is 32.5. The van der Waals surface area contributed by atoms with Gasteiger partial charge in [-0.05, 0) is 68.5 Å². The number of nitrogens with zero attached hydrogens (tertiary/aromatic N) is 7. The van der Waals surface area contributed by atoms with Crippen LogP contribution in [0, 0.1) is 12.7 Å². The van der Waals surface area contributed by atoms with Gasteiger partial charge in [0.15, 0.2) is 11.5 Å². The first-order chi connectivity index (χ1) is 20.0. The van der Waals surface area contributed by atoms with Gasteiger partial charge in [-0.15, -0.1) is 0 Å². The number of piperidine rings is 1. The molecular weight excluding hydrogens is 523 g/mol. The SMILES string of the molecule is C=CC(=O)N1[C@H]2CC[C@@H]1[C@H](c1ccc3ncnc(Nc4cc(C)c(Oc5ccn6ncnc6c5)cc4F)c3n1)CC2. The lowest BCUT2D eigenvalue weighted by atomic mass is 9.87. The molecule has 2 aliphatic heterocycles. The quantitative estimate of drug-likeness (QED) is 0.277. The highest BCUT2D eigenvalue weighted by atomic mass is 19.1. The number of fused-ring (bicyclic) bond motifs is 4. The zero-order chi connectivity index (χ0) is 28.1. The molecule has 2 saturated heterocycles. The molecule has 4 aromatic heterocycles. The minimum atomic E-state index is -0.500. The second kappa shape index (κ2) is 9.92. The summed E-state index contributed by atoms with van der Waals surface area (Å²) in [5.74, 6) is 0.890. The molecule has 2 aliphatic rings. The van der Waals surface area contributed by atoms with Crippen molar-refractivity contribution in [2.75, 3.05) is 5.32 Å². The van der Waals surface area contributed by atoms with Crippen molar-refractivity contribution in [2.45, 2.75) is 50.6 Å². The molecular formula is C30H27FN8O2. The van der Waals surface area contributed by atoms with Crippen LogP contribution in [0.4, 0.5) is 15.9 Å². The molecule has 2 bridgehead atoms. The Labute approximate surface area is 234 Å². The molecule has 0 radical (unpaired) electrons. The van der Waals surface area contributed by atoms with Gasteiger partial charge in [-0.3, -0.25) is 4.79 Å². The monoisotopic (exact) mass is 550 g/mol. The number of hydrogen-bond donors (Lipinski definition) is 1. The number of aromatic nitrogens is 6. The summed E-state index contributed by atoms with van der Waals surface area (Å²) >= 11 is 0. The van der Waals surface area contributed by atoms with Crippen LogP contribution in [-0.2, 0) is 4.79 Å². The topological polar surface area (TPSA) is 110 Å². The fraction of sp³-hybridized carbons (Fsp3) is 0.267. The highest BCUT2D eigenvalue weighted by molar-refractivity contribution is 5.88. The van der Waals surface area contributed by atoms with Crippen molar-refractivity contribution in [2.24, 2.45) is 0 Å². The number of aryl methyl sites for hydroxylation is 1. The van der Waals surface area contributed by atoms with Crippen LogP contribution in [0.5, 0.6) is 11.5 Å². The maximum absolute atomic E-state index is 15.4. The first-order valence-corrected chi connectivity index (χ1v) is 13.6. The fourth-order valence-corrected chi connectivity index (χ4v) is 6.19. The molecule has 3 atom stereocenters. The number of hydrogen-bond acceptors (Lipinski definition) is 8. The van der Waals surface area contributed by atoms with E-state index in [4.69, 9.17) is 9.72 Å². The largest absolute Gasteiger partial charge is 0.457 e. The van der Waals surface area contributed by atoms with Crippen molar-refractivity contribution in [1.82, 2.24) is 34.4 Å². The number of nitrogens with one attached hydrogen (secondary N) is 1. The molecule has 0 saturated carbocycles. The van der Waals surface area contributed by atoms with E-state index in [1.165, 1.54) is 24.8 Å². The number of anilines is 2. The smallest absolute Gasteiger partial charge is 0.246 e. The van der Waals surface area contributed by atoms with E-state index in [1.54, 1.807) is 28.9 Å². The Balaban J connectivity index is 1.18. The molecule has 206 valence electrons. The van der Waals surface area contributed by atoms with Crippen molar-refractivity contribution in [3.63, 3.8) is 0 Å². The highest BCUT2D eigenvalue weighted by Gasteiger charge is 2.45. The number of amides is 1. The number of halogens is 1. The fourth-order valence-electron chi connectivity index (χ4n) is 6.19. The molecule has 11 heteroatoms. The second-order valence-corrected chi connectivity index (χ2v) is 10.5. The van der Waals surface area contributed by atoms with Gasteiger partial charge in [-0.2, -0.15) is 5.10 Å². The van der Waals surface area contributed by atoms with E-state index in [2.05, 4.69) is 31.9 Å². The lowest BCUT2D eigenvalue weighted by Gasteiger charge is -2.39. The average Bonchev–Trinajstić information content (AvgIpc) is 3.57. The normalized spacial score (nSPS) is 20.0. The standard InChI is InChI=1S/C30H27FN8O2/c1-3-28(40)39-18-4-6-20(25(39)9-5-18)22-7-8-23-29(36-22)30(34-15-32-23)37-24-12-17(2)26(14-21(24)31)41-19-10-11-38-27(13-19)33-16-35-38/h3,7-8,10-16,18,20,25H,1,4-6,9H2,2H3,(H,32,34,37)/t18-,20+,25-/m1/s1. The number of pyridine rings is 2. The van der Waals surface area contributed by atoms with Gasteiger partial charge < -0.3 is 15.0 Å². The molecule has 0 spiro atoms. The Morgan fingerprint density at radius 1 is 1.10 bits per heavy atom. The zero-order valence-corrected chi connectivity index (χ0v) is 22.4. The van der Waals surface area contributed by atoms with Gasteiger partial charge in [0.2, 0.25) is 5.91 Å². The molecule has 1 amide bonds. The number of benzene rings is 1. The Hall–Kier alpha value is -4.93. The predicted molar refractivity (Wildman–Crippen MR) is 151 cm³/mol. The summed E-state index contributed by atoms with van der Waals surface area (Å²) < 4.78 is 22.9. The molecule has 6 heterocycles. The first-order valence-electron chi connectivity index (χ1n) is 13.6. The minimum absolute atomic E-state index is 0.0222. The van der Waals surface area contributed by atoms with Gasteiger partial charge in [-0.25, -0.2) is 28.8 Å². The Kier molecular flexibility index (Phi) is 6.06. The number of carbonyl (C=O) groups is 1. The van der Waals surface area contributed by atoms with Gasteiger partial charge in [0, 0.05) is 42.0 Å². The lowest BCUT2D eigenvalue weighted by Crippen LogP contribution is -2.46. The van der Waals surface area contributed by atoms with Crippen molar-refractivity contribution < 1.29 is 13.9 Å². The maximum atomic E-state index is 15.4. The Morgan fingerprint density at radius 3 is 2.85 bits per heavy atom. The molecule has 7 rings (SSSR count). The summed E-state index contributed by atoms with van der Waals surface area (Å²) in [5.41, 5.74) is 3.67. The molecule has 1 aromatic carbocycles. The van der Waals surface area contributed by atoms with Crippen LogP contribution in [-0.4, -0.2) is 52.4 Å². The van der Waals surface area contributed by atoms with Crippen molar-refractivity contribution in [1.29, 1.82) is 0 Å². The van der Waals surface area contributed by atoms with E-state index >= 15 is 4.39 Å². The van der Waals surface area contributed by atoms with E-state index in [-0.39, 0.29) is 29.6 Å². The molecule has 2 fully saturated rings. The van der Waals surface area contributed by atoms with Gasteiger partial charge in [-0.1, -0.05) is 6.58 Å². The van der Waals surface area contributed by atoms with E-state index in [9.17, 15) is 4.79 Å². The molecule has 0 aliphatic carbocycles. The van der Waals surface area contributed by atoms with Crippen LogP contribution in [0.2, 0.25) is 0 Å². The van der Waals surface area contributed by atoms with Crippen molar-refractivity contribution in [3.05, 3.63) is 85.0 Å². The third-order valence-electron chi connectivity index (χ3n) is 8.13. The van der Waals surface area contributed by atoms with E-state index in [1.807, 2.05) is 24.0 Å². The van der Waals surface area contributed by atoms with Crippen molar-refractivity contribution >= 4 is 34.1 Å². The van der Waals surface area contributed by atoms with E-state index < -0.39 is 5.82 Å². The van der Waals surface area contributed by atoms with Crippen LogP contribution in [0.15, 0.2) is 67.9 Å². The summed E-state index contributed by atoms with van der Waals surface area (Å²) in [7, 11) is 0. The van der Waals surface area contributed by atoms with Crippen LogP contribution in [0.3, 0.4) is 0 Å². The highest BCUT2D eigenvalue weighted by Crippen LogP contribution is 2.44. The van der Waals surface area contributed by atoms with E-state index in [0.717, 1.165) is 36.9 Å². The van der Waals surface area contributed by atoms with Crippen LogP contribution in [0.1, 0.15) is 42.9 Å². The maximum Gasteiger partial charge on any atom is 0.246 e.